The summed E-state index contributed by atoms with van der Waals surface area (Å²) in [4.78, 5) is 15.1. The van der Waals surface area contributed by atoms with Crippen LogP contribution in [-0.4, -0.2) is 31.6 Å². The smallest absolute Gasteiger partial charge is 0.313 e. The Morgan fingerprint density at radius 1 is 1.39 bits per heavy atom. The minimum absolute atomic E-state index is 0.0383. The summed E-state index contributed by atoms with van der Waals surface area (Å²) in [5.41, 5.74) is 0. The molecule has 1 saturated carbocycles. The van der Waals surface area contributed by atoms with Gasteiger partial charge in [-0.15, -0.1) is 0 Å². The molecule has 0 bridgehead atoms. The van der Waals surface area contributed by atoms with Crippen LogP contribution in [0.5, 0.6) is 0 Å². The molecule has 1 aliphatic rings. The summed E-state index contributed by atoms with van der Waals surface area (Å²) in [6.07, 6.45) is 7.44. The van der Waals surface area contributed by atoms with Gasteiger partial charge >= 0.3 is 5.97 Å². The van der Waals surface area contributed by atoms with Crippen LogP contribution in [0, 0.1) is 0 Å². The highest BCUT2D eigenvalue weighted by Crippen LogP contribution is 2.30. The third-order valence-corrected chi connectivity index (χ3v) is 4.29. The highest BCUT2D eigenvalue weighted by molar-refractivity contribution is 7.99. The molecule has 0 aliphatic heterocycles. The van der Waals surface area contributed by atoms with Crippen LogP contribution < -0.4 is 0 Å². The second-order valence-electron chi connectivity index (χ2n) is 4.75. The van der Waals surface area contributed by atoms with E-state index in [1.54, 1.807) is 4.68 Å². The van der Waals surface area contributed by atoms with Crippen LogP contribution >= 0.6 is 11.8 Å². The van der Waals surface area contributed by atoms with E-state index in [2.05, 4.69) is 10.1 Å². The first kappa shape index (κ1) is 13.4. The van der Waals surface area contributed by atoms with Crippen molar-refractivity contribution < 1.29 is 9.90 Å². The number of aryl methyl sites for hydroxylation is 1. The maximum Gasteiger partial charge on any atom is 0.313 e. The van der Waals surface area contributed by atoms with Gasteiger partial charge in [-0.2, -0.15) is 5.10 Å². The maximum absolute atomic E-state index is 10.6. The van der Waals surface area contributed by atoms with Gasteiger partial charge in [0.05, 0.1) is 5.75 Å². The molecule has 1 N–H and O–H groups in total. The fraction of sp³-hybridized carbons (Fsp3) is 0.750. The second kappa shape index (κ2) is 6.22. The van der Waals surface area contributed by atoms with E-state index in [1.807, 2.05) is 7.05 Å². The Hall–Kier alpha value is -1.04. The van der Waals surface area contributed by atoms with Crippen molar-refractivity contribution in [1.29, 1.82) is 0 Å². The number of rotatable bonds is 4. The quantitative estimate of drug-likeness (QED) is 0.671. The molecule has 100 valence electrons. The number of thioether (sulfide) groups is 1. The standard InChI is InChI=1S/C12H19N3O2S/c1-15-12(18-8-10(16)17)13-11(14-15)9-6-4-2-3-5-7-9/h9H,2-8H2,1H3,(H,16,17). The van der Waals surface area contributed by atoms with E-state index in [0.29, 0.717) is 11.1 Å². The van der Waals surface area contributed by atoms with Crippen molar-refractivity contribution in [3.8, 4) is 0 Å². The minimum Gasteiger partial charge on any atom is -0.481 e. The molecular formula is C12H19N3O2S. The van der Waals surface area contributed by atoms with Crippen molar-refractivity contribution in [2.24, 2.45) is 7.05 Å². The van der Waals surface area contributed by atoms with Crippen molar-refractivity contribution in [3.05, 3.63) is 5.82 Å². The number of aromatic nitrogens is 3. The second-order valence-corrected chi connectivity index (χ2v) is 5.69. The van der Waals surface area contributed by atoms with Gasteiger partial charge in [0.25, 0.3) is 0 Å². The van der Waals surface area contributed by atoms with Crippen molar-refractivity contribution in [2.75, 3.05) is 5.75 Å². The van der Waals surface area contributed by atoms with Crippen LogP contribution in [0.25, 0.3) is 0 Å². The topological polar surface area (TPSA) is 68.0 Å². The first-order valence-electron chi connectivity index (χ1n) is 6.42. The van der Waals surface area contributed by atoms with Crippen LogP contribution in [-0.2, 0) is 11.8 Å². The zero-order valence-electron chi connectivity index (χ0n) is 10.6. The molecule has 0 atom stereocenters. The minimum atomic E-state index is -0.820. The van der Waals surface area contributed by atoms with E-state index in [0.717, 1.165) is 18.7 Å². The molecule has 0 spiro atoms. The van der Waals surface area contributed by atoms with Crippen molar-refractivity contribution in [3.63, 3.8) is 0 Å². The lowest BCUT2D eigenvalue weighted by molar-refractivity contribution is -0.133. The molecule has 6 heteroatoms. The molecule has 0 saturated heterocycles. The highest BCUT2D eigenvalue weighted by Gasteiger charge is 2.20. The van der Waals surface area contributed by atoms with Gasteiger partial charge in [-0.3, -0.25) is 4.79 Å². The van der Waals surface area contributed by atoms with E-state index in [4.69, 9.17) is 5.11 Å². The van der Waals surface area contributed by atoms with Crippen LogP contribution in [0.2, 0.25) is 0 Å². The van der Waals surface area contributed by atoms with Gasteiger partial charge in [-0.25, -0.2) is 9.67 Å². The van der Waals surface area contributed by atoms with Gasteiger partial charge in [0.2, 0.25) is 0 Å². The number of aliphatic carboxylic acids is 1. The van der Waals surface area contributed by atoms with Gasteiger partial charge in [0.1, 0.15) is 0 Å². The van der Waals surface area contributed by atoms with Gasteiger partial charge in [0.15, 0.2) is 11.0 Å². The average Bonchev–Trinajstić information content (AvgIpc) is 2.55. The van der Waals surface area contributed by atoms with Gasteiger partial charge in [0, 0.05) is 13.0 Å². The predicted octanol–water partition coefficient (Wildman–Crippen LogP) is 2.43. The summed E-state index contributed by atoms with van der Waals surface area (Å²) in [7, 11) is 1.83. The predicted molar refractivity (Wildman–Crippen MR) is 69.8 cm³/mol. The molecule has 2 rings (SSSR count). The molecule has 1 fully saturated rings. The first-order chi connectivity index (χ1) is 8.66. The molecule has 18 heavy (non-hydrogen) atoms. The number of nitrogens with zero attached hydrogens (tertiary/aromatic N) is 3. The van der Waals surface area contributed by atoms with Crippen molar-refractivity contribution >= 4 is 17.7 Å². The summed E-state index contributed by atoms with van der Waals surface area (Å²) in [6.45, 7) is 0. The highest BCUT2D eigenvalue weighted by atomic mass is 32.2. The lowest BCUT2D eigenvalue weighted by Gasteiger charge is -2.08. The van der Waals surface area contributed by atoms with Crippen LogP contribution in [0.4, 0.5) is 0 Å². The molecule has 1 aliphatic carbocycles. The van der Waals surface area contributed by atoms with E-state index >= 15 is 0 Å². The Labute approximate surface area is 111 Å². The Balaban J connectivity index is 2.04. The van der Waals surface area contributed by atoms with Crippen LogP contribution in [0.1, 0.15) is 50.3 Å². The Morgan fingerprint density at radius 2 is 2.06 bits per heavy atom. The fourth-order valence-electron chi connectivity index (χ4n) is 2.35. The molecular weight excluding hydrogens is 250 g/mol. The summed E-state index contributed by atoms with van der Waals surface area (Å²) < 4.78 is 1.70. The number of carboxylic acids is 1. The Morgan fingerprint density at radius 3 is 2.67 bits per heavy atom. The number of hydrogen-bond acceptors (Lipinski definition) is 4. The number of carbonyl (C=O) groups is 1. The monoisotopic (exact) mass is 269 g/mol. The first-order valence-corrected chi connectivity index (χ1v) is 7.41. The molecule has 0 unspecified atom stereocenters. The third kappa shape index (κ3) is 3.48. The molecule has 0 amide bonds. The normalized spacial score (nSPS) is 17.6. The molecule has 0 aromatic carbocycles. The van der Waals surface area contributed by atoms with E-state index in [-0.39, 0.29) is 5.75 Å². The van der Waals surface area contributed by atoms with Crippen molar-refractivity contribution in [1.82, 2.24) is 14.8 Å². The summed E-state index contributed by atoms with van der Waals surface area (Å²) in [5, 5.41) is 13.8. The fourth-order valence-corrected chi connectivity index (χ4v) is 2.99. The van der Waals surface area contributed by atoms with E-state index in [9.17, 15) is 4.79 Å². The van der Waals surface area contributed by atoms with Gasteiger partial charge in [-0.1, -0.05) is 37.4 Å². The summed E-state index contributed by atoms with van der Waals surface area (Å²) >= 11 is 1.23. The molecule has 0 radical (unpaired) electrons. The SMILES string of the molecule is Cn1nc(C2CCCCCC2)nc1SCC(=O)O. The van der Waals surface area contributed by atoms with E-state index in [1.165, 1.54) is 37.4 Å². The maximum atomic E-state index is 10.6. The van der Waals surface area contributed by atoms with Crippen molar-refractivity contribution in [2.45, 2.75) is 49.6 Å². The lowest BCUT2D eigenvalue weighted by Crippen LogP contribution is -2.01. The molecule has 1 heterocycles. The molecule has 1 aromatic heterocycles. The zero-order valence-corrected chi connectivity index (χ0v) is 11.4. The largest absolute Gasteiger partial charge is 0.481 e. The summed E-state index contributed by atoms with van der Waals surface area (Å²) in [6, 6.07) is 0. The zero-order chi connectivity index (χ0) is 13.0. The lowest BCUT2D eigenvalue weighted by atomic mass is 10.00. The Kier molecular flexibility index (Phi) is 4.63. The van der Waals surface area contributed by atoms with Crippen LogP contribution in [0.3, 0.4) is 0 Å². The Bertz CT molecular complexity index is 411. The van der Waals surface area contributed by atoms with Gasteiger partial charge < -0.3 is 5.11 Å². The summed E-state index contributed by atoms with van der Waals surface area (Å²) in [5.74, 6) is 0.570. The number of carboxylic acid groups (broad SMARTS) is 1. The molecule has 1 aromatic rings. The van der Waals surface area contributed by atoms with E-state index < -0.39 is 5.97 Å². The van der Waals surface area contributed by atoms with Crippen LogP contribution in [0.15, 0.2) is 5.16 Å². The third-order valence-electron chi connectivity index (χ3n) is 3.28. The molecule has 5 nitrogen and oxygen atoms in total. The van der Waals surface area contributed by atoms with Gasteiger partial charge in [-0.05, 0) is 12.8 Å². The average molecular weight is 269 g/mol. The number of hydrogen-bond donors (Lipinski definition) is 1.